The minimum atomic E-state index is -0.273. The normalized spacial score (nSPS) is 39.5. The molecule has 0 spiro atoms. The van der Waals surface area contributed by atoms with Gasteiger partial charge in [0.2, 0.25) is 0 Å². The first kappa shape index (κ1) is 14.8. The van der Waals surface area contributed by atoms with E-state index < -0.39 is 0 Å². The zero-order valence-corrected chi connectivity index (χ0v) is 12.3. The quantitative estimate of drug-likeness (QED) is 0.796. The number of carbonyl (C=O) groups excluding carboxylic acids is 1. The summed E-state index contributed by atoms with van der Waals surface area (Å²) in [5, 5.41) is 0. The number of rotatable bonds is 3. The third kappa shape index (κ3) is 3.48. The molecule has 1 heterocycles. The molecule has 4 heteroatoms. The SMILES string of the molecule is CC1CCC(C(C)C)C(OC(=O)C2COCC2N)C1. The zero-order valence-electron chi connectivity index (χ0n) is 12.3. The van der Waals surface area contributed by atoms with Crippen LogP contribution in [0.5, 0.6) is 0 Å². The van der Waals surface area contributed by atoms with Gasteiger partial charge in [-0.2, -0.15) is 0 Å². The van der Waals surface area contributed by atoms with Crippen molar-refractivity contribution >= 4 is 5.97 Å². The number of hydrogen-bond acceptors (Lipinski definition) is 4. The predicted molar refractivity (Wildman–Crippen MR) is 73.5 cm³/mol. The molecule has 0 radical (unpaired) electrons. The van der Waals surface area contributed by atoms with Crippen LogP contribution in [-0.2, 0) is 14.3 Å². The average molecular weight is 269 g/mol. The van der Waals surface area contributed by atoms with Gasteiger partial charge in [0.05, 0.1) is 19.1 Å². The summed E-state index contributed by atoms with van der Waals surface area (Å²) in [5.74, 6) is 1.25. The van der Waals surface area contributed by atoms with Crippen LogP contribution in [0.4, 0.5) is 0 Å². The topological polar surface area (TPSA) is 61.5 Å². The van der Waals surface area contributed by atoms with Crippen LogP contribution in [0, 0.1) is 23.7 Å². The third-order valence-corrected chi connectivity index (χ3v) is 4.66. The zero-order chi connectivity index (χ0) is 14.0. The number of nitrogens with two attached hydrogens (primary N) is 1. The lowest BCUT2D eigenvalue weighted by molar-refractivity contribution is -0.161. The lowest BCUT2D eigenvalue weighted by Gasteiger charge is -2.37. The highest BCUT2D eigenvalue weighted by Gasteiger charge is 2.38. The van der Waals surface area contributed by atoms with Crippen molar-refractivity contribution in [2.75, 3.05) is 13.2 Å². The van der Waals surface area contributed by atoms with Crippen LogP contribution in [0.2, 0.25) is 0 Å². The van der Waals surface area contributed by atoms with E-state index in [1.165, 1.54) is 6.42 Å². The van der Waals surface area contributed by atoms with Gasteiger partial charge in [0.15, 0.2) is 0 Å². The van der Waals surface area contributed by atoms with Crippen LogP contribution < -0.4 is 5.73 Å². The standard InChI is InChI=1S/C15H27NO3/c1-9(2)11-5-4-10(3)6-14(11)19-15(17)12-7-18-8-13(12)16/h9-14H,4-8,16H2,1-3H3. The highest BCUT2D eigenvalue weighted by molar-refractivity contribution is 5.74. The van der Waals surface area contributed by atoms with Gasteiger partial charge >= 0.3 is 5.97 Å². The molecule has 0 amide bonds. The van der Waals surface area contributed by atoms with Gasteiger partial charge in [0, 0.05) is 6.04 Å². The van der Waals surface area contributed by atoms with E-state index in [4.69, 9.17) is 15.2 Å². The summed E-state index contributed by atoms with van der Waals surface area (Å²) >= 11 is 0. The summed E-state index contributed by atoms with van der Waals surface area (Å²) in [7, 11) is 0. The van der Waals surface area contributed by atoms with Gasteiger partial charge in [-0.3, -0.25) is 4.79 Å². The highest BCUT2D eigenvalue weighted by Crippen LogP contribution is 2.35. The molecule has 110 valence electrons. The predicted octanol–water partition coefficient (Wildman–Crippen LogP) is 1.96. The Labute approximate surface area is 116 Å². The van der Waals surface area contributed by atoms with Crippen molar-refractivity contribution in [2.24, 2.45) is 29.4 Å². The van der Waals surface area contributed by atoms with E-state index in [0.717, 1.165) is 12.8 Å². The van der Waals surface area contributed by atoms with Gasteiger partial charge < -0.3 is 15.2 Å². The summed E-state index contributed by atoms with van der Waals surface area (Å²) in [5.41, 5.74) is 5.88. The van der Waals surface area contributed by atoms with Crippen molar-refractivity contribution in [2.45, 2.75) is 52.2 Å². The van der Waals surface area contributed by atoms with Crippen LogP contribution in [0.15, 0.2) is 0 Å². The molecule has 2 aliphatic rings. The summed E-state index contributed by atoms with van der Waals surface area (Å²) < 4.78 is 11.0. The van der Waals surface area contributed by atoms with E-state index in [9.17, 15) is 4.79 Å². The summed E-state index contributed by atoms with van der Waals surface area (Å²) in [6.45, 7) is 7.54. The Hall–Kier alpha value is -0.610. The molecule has 5 atom stereocenters. The Morgan fingerprint density at radius 1 is 1.32 bits per heavy atom. The fourth-order valence-corrected chi connectivity index (χ4v) is 3.30. The fraction of sp³-hybridized carbons (Fsp3) is 0.933. The van der Waals surface area contributed by atoms with Crippen LogP contribution in [-0.4, -0.2) is 31.3 Å². The second-order valence-electron chi connectivity index (χ2n) is 6.61. The van der Waals surface area contributed by atoms with Crippen LogP contribution >= 0.6 is 0 Å². The van der Waals surface area contributed by atoms with Crippen molar-refractivity contribution in [3.05, 3.63) is 0 Å². The van der Waals surface area contributed by atoms with E-state index in [-0.39, 0.29) is 24.0 Å². The van der Waals surface area contributed by atoms with E-state index in [2.05, 4.69) is 20.8 Å². The number of ether oxygens (including phenoxy) is 2. The second kappa shape index (κ2) is 6.23. The fourth-order valence-electron chi connectivity index (χ4n) is 3.30. The van der Waals surface area contributed by atoms with Crippen molar-refractivity contribution in [1.29, 1.82) is 0 Å². The van der Waals surface area contributed by atoms with Gasteiger partial charge in [-0.05, 0) is 30.6 Å². The van der Waals surface area contributed by atoms with Gasteiger partial charge in [-0.15, -0.1) is 0 Å². The van der Waals surface area contributed by atoms with Crippen LogP contribution in [0.25, 0.3) is 0 Å². The lowest BCUT2D eigenvalue weighted by Crippen LogP contribution is -2.41. The molecular weight excluding hydrogens is 242 g/mol. The summed E-state index contributed by atoms with van der Waals surface area (Å²) in [4.78, 5) is 12.2. The molecule has 2 rings (SSSR count). The molecule has 2 fully saturated rings. The Bertz CT molecular complexity index is 319. The molecule has 1 aliphatic heterocycles. The smallest absolute Gasteiger partial charge is 0.313 e. The van der Waals surface area contributed by atoms with Crippen LogP contribution in [0.3, 0.4) is 0 Å². The lowest BCUT2D eigenvalue weighted by atomic mass is 9.75. The molecule has 19 heavy (non-hydrogen) atoms. The van der Waals surface area contributed by atoms with Gasteiger partial charge in [-0.25, -0.2) is 0 Å². The minimum absolute atomic E-state index is 0.0593. The van der Waals surface area contributed by atoms with Gasteiger partial charge in [-0.1, -0.05) is 27.2 Å². The molecule has 4 nitrogen and oxygen atoms in total. The Kier molecular flexibility index (Phi) is 4.85. The number of esters is 1. The minimum Gasteiger partial charge on any atom is -0.462 e. The largest absolute Gasteiger partial charge is 0.462 e. The second-order valence-corrected chi connectivity index (χ2v) is 6.61. The first-order valence-corrected chi connectivity index (χ1v) is 7.52. The maximum Gasteiger partial charge on any atom is 0.313 e. The molecule has 1 saturated heterocycles. The van der Waals surface area contributed by atoms with Gasteiger partial charge in [0.25, 0.3) is 0 Å². The summed E-state index contributed by atoms with van der Waals surface area (Å²) in [6.07, 6.45) is 3.44. The molecule has 0 aromatic heterocycles. The van der Waals surface area contributed by atoms with Crippen molar-refractivity contribution in [3.8, 4) is 0 Å². The average Bonchev–Trinajstić information content (AvgIpc) is 2.75. The third-order valence-electron chi connectivity index (χ3n) is 4.66. The van der Waals surface area contributed by atoms with Crippen molar-refractivity contribution < 1.29 is 14.3 Å². The highest BCUT2D eigenvalue weighted by atomic mass is 16.6. The number of hydrogen-bond donors (Lipinski definition) is 1. The maximum atomic E-state index is 12.2. The molecule has 2 N–H and O–H groups in total. The monoisotopic (exact) mass is 269 g/mol. The van der Waals surface area contributed by atoms with Crippen LogP contribution in [0.1, 0.15) is 40.0 Å². The van der Waals surface area contributed by atoms with E-state index in [1.54, 1.807) is 0 Å². The molecule has 1 aliphatic carbocycles. The van der Waals surface area contributed by atoms with Crippen molar-refractivity contribution in [1.82, 2.24) is 0 Å². The maximum absolute atomic E-state index is 12.2. The van der Waals surface area contributed by atoms with E-state index in [1.807, 2.05) is 0 Å². The number of carbonyl (C=O) groups is 1. The molecule has 1 saturated carbocycles. The Morgan fingerprint density at radius 3 is 2.63 bits per heavy atom. The van der Waals surface area contributed by atoms with Crippen molar-refractivity contribution in [3.63, 3.8) is 0 Å². The molecule has 0 bridgehead atoms. The Morgan fingerprint density at radius 2 is 2.05 bits per heavy atom. The molecule has 0 aromatic carbocycles. The first-order valence-electron chi connectivity index (χ1n) is 7.52. The first-order chi connectivity index (χ1) is 8.99. The molecule has 0 aromatic rings. The van der Waals surface area contributed by atoms with E-state index in [0.29, 0.717) is 31.0 Å². The Balaban J connectivity index is 1.96. The summed E-state index contributed by atoms with van der Waals surface area (Å²) in [6, 6.07) is -0.203. The van der Waals surface area contributed by atoms with Gasteiger partial charge in [0.1, 0.15) is 6.10 Å². The molecule has 5 unspecified atom stereocenters. The van der Waals surface area contributed by atoms with E-state index >= 15 is 0 Å². The molecular formula is C15H27NO3.